The number of anilines is 2. The van der Waals surface area contributed by atoms with Gasteiger partial charge >= 0.3 is 0 Å². The minimum atomic E-state index is 0.747. The van der Waals surface area contributed by atoms with Crippen molar-refractivity contribution in [3.63, 3.8) is 0 Å². The molecule has 7 nitrogen and oxygen atoms in total. The van der Waals surface area contributed by atoms with Crippen LogP contribution in [-0.2, 0) is 6.42 Å². The quantitative estimate of drug-likeness (QED) is 0.295. The van der Waals surface area contributed by atoms with Crippen LogP contribution in [0.4, 0.5) is 11.5 Å². The molecule has 0 bridgehead atoms. The van der Waals surface area contributed by atoms with Crippen molar-refractivity contribution < 1.29 is 4.74 Å². The van der Waals surface area contributed by atoms with Crippen LogP contribution in [0.5, 0.6) is 11.5 Å². The molecule has 0 saturated carbocycles. The molecule has 0 aliphatic heterocycles. The van der Waals surface area contributed by atoms with Crippen molar-refractivity contribution in [2.45, 2.75) is 20.3 Å². The minimum absolute atomic E-state index is 0.747. The maximum Gasteiger partial charge on any atom is 0.141 e. The Balaban J connectivity index is 1.25. The standard InChI is InChI=1S/C27H22N6OS/c1-17-11-20(4-6-24(17)34-21-7-9-33-10-8-28-25(33)14-21)32-27-22-12-19(3-5-23(22)29-16-30-27)13-26-31-18(2)15-35-26/h3-12,14-16H,13H2,1-2H3,(H,29,30,32). The van der Waals surface area contributed by atoms with E-state index in [4.69, 9.17) is 4.74 Å². The Morgan fingerprint density at radius 3 is 2.77 bits per heavy atom. The van der Waals surface area contributed by atoms with E-state index < -0.39 is 0 Å². The van der Waals surface area contributed by atoms with Gasteiger partial charge in [0.1, 0.15) is 29.3 Å². The number of hydrogen-bond acceptors (Lipinski definition) is 7. The van der Waals surface area contributed by atoms with Crippen molar-refractivity contribution in [3.8, 4) is 11.5 Å². The number of aromatic nitrogens is 5. The second-order valence-electron chi connectivity index (χ2n) is 8.40. The average Bonchev–Trinajstić information content (AvgIpc) is 3.49. The highest BCUT2D eigenvalue weighted by Crippen LogP contribution is 2.30. The monoisotopic (exact) mass is 478 g/mol. The van der Waals surface area contributed by atoms with E-state index in [0.29, 0.717) is 0 Å². The Bertz CT molecular complexity index is 1670. The number of pyridine rings is 1. The summed E-state index contributed by atoms with van der Waals surface area (Å²) in [4.78, 5) is 17.9. The van der Waals surface area contributed by atoms with E-state index in [9.17, 15) is 0 Å². The van der Waals surface area contributed by atoms with Crippen LogP contribution in [0.25, 0.3) is 16.6 Å². The molecule has 0 spiro atoms. The third-order valence-electron chi connectivity index (χ3n) is 5.76. The topological polar surface area (TPSA) is 77.2 Å². The molecule has 0 amide bonds. The largest absolute Gasteiger partial charge is 0.457 e. The van der Waals surface area contributed by atoms with E-state index in [-0.39, 0.29) is 0 Å². The van der Waals surface area contributed by atoms with Gasteiger partial charge in [-0.05, 0) is 61.4 Å². The van der Waals surface area contributed by atoms with Crippen molar-refractivity contribution in [3.05, 3.63) is 101 Å². The van der Waals surface area contributed by atoms with Crippen molar-refractivity contribution in [2.75, 3.05) is 5.32 Å². The summed E-state index contributed by atoms with van der Waals surface area (Å²) in [6.45, 7) is 4.05. The van der Waals surface area contributed by atoms with E-state index in [2.05, 4.69) is 48.8 Å². The predicted octanol–water partition coefficient (Wildman–Crippen LogP) is 6.48. The van der Waals surface area contributed by atoms with Crippen LogP contribution >= 0.6 is 11.3 Å². The summed E-state index contributed by atoms with van der Waals surface area (Å²) < 4.78 is 8.07. The first-order valence-corrected chi connectivity index (χ1v) is 12.1. The lowest BCUT2D eigenvalue weighted by molar-refractivity contribution is 0.478. The summed E-state index contributed by atoms with van der Waals surface area (Å²) in [7, 11) is 0. The van der Waals surface area contributed by atoms with Gasteiger partial charge in [-0.2, -0.15) is 0 Å². The molecule has 0 unspecified atom stereocenters. The van der Waals surface area contributed by atoms with Gasteiger partial charge in [-0.1, -0.05) is 6.07 Å². The zero-order chi connectivity index (χ0) is 23.8. The molecule has 0 radical (unpaired) electrons. The second kappa shape index (κ2) is 8.81. The number of fused-ring (bicyclic) bond motifs is 2. The molecular weight excluding hydrogens is 456 g/mol. The summed E-state index contributed by atoms with van der Waals surface area (Å²) in [5, 5.41) is 7.62. The maximum absolute atomic E-state index is 6.12. The zero-order valence-corrected chi connectivity index (χ0v) is 20.1. The summed E-state index contributed by atoms with van der Waals surface area (Å²) in [6, 6.07) is 16.1. The van der Waals surface area contributed by atoms with Gasteiger partial charge in [-0.3, -0.25) is 0 Å². The van der Waals surface area contributed by atoms with Gasteiger partial charge in [0.15, 0.2) is 0 Å². The van der Waals surface area contributed by atoms with Crippen LogP contribution < -0.4 is 10.1 Å². The van der Waals surface area contributed by atoms with Crippen LogP contribution in [0.3, 0.4) is 0 Å². The molecular formula is C27H22N6OS. The van der Waals surface area contributed by atoms with Gasteiger partial charge in [-0.25, -0.2) is 19.9 Å². The SMILES string of the molecule is Cc1csc(Cc2ccc3ncnc(Nc4ccc(Oc5ccn6ccnc6c5)c(C)c4)c3c2)n1. The van der Waals surface area contributed by atoms with Gasteiger partial charge in [-0.15, -0.1) is 11.3 Å². The number of benzene rings is 2. The highest BCUT2D eigenvalue weighted by Gasteiger charge is 2.10. The fraction of sp³-hybridized carbons (Fsp3) is 0.111. The number of thiazole rings is 1. The Hall–Kier alpha value is -4.30. The number of nitrogens with zero attached hydrogens (tertiary/aromatic N) is 5. The van der Waals surface area contributed by atoms with Crippen LogP contribution in [0.2, 0.25) is 0 Å². The van der Waals surface area contributed by atoms with Crippen LogP contribution in [0, 0.1) is 13.8 Å². The number of aryl methyl sites for hydroxylation is 2. The third-order valence-corrected chi connectivity index (χ3v) is 6.72. The number of hydrogen-bond donors (Lipinski definition) is 1. The molecule has 4 aromatic heterocycles. The van der Waals surface area contributed by atoms with E-state index in [1.54, 1.807) is 23.9 Å². The van der Waals surface area contributed by atoms with Gasteiger partial charge in [0.05, 0.1) is 10.5 Å². The normalized spacial score (nSPS) is 11.3. The highest BCUT2D eigenvalue weighted by atomic mass is 32.1. The van der Waals surface area contributed by atoms with Gasteiger partial charge in [0, 0.05) is 53.2 Å². The molecule has 35 heavy (non-hydrogen) atoms. The second-order valence-corrected chi connectivity index (χ2v) is 9.34. The third kappa shape index (κ3) is 4.43. The molecule has 8 heteroatoms. The Morgan fingerprint density at radius 1 is 0.971 bits per heavy atom. The highest BCUT2D eigenvalue weighted by molar-refractivity contribution is 7.09. The molecule has 0 aliphatic rings. The van der Waals surface area contributed by atoms with Crippen molar-refractivity contribution in [2.24, 2.45) is 0 Å². The first-order valence-electron chi connectivity index (χ1n) is 11.2. The first kappa shape index (κ1) is 21.2. The zero-order valence-electron chi connectivity index (χ0n) is 19.3. The molecule has 2 aromatic carbocycles. The number of imidazole rings is 1. The van der Waals surface area contributed by atoms with Crippen molar-refractivity contribution >= 4 is 39.4 Å². The summed E-state index contributed by atoms with van der Waals surface area (Å²) in [5.41, 5.74) is 5.92. The number of rotatable bonds is 6. The lowest BCUT2D eigenvalue weighted by Gasteiger charge is -2.13. The fourth-order valence-corrected chi connectivity index (χ4v) is 4.84. The molecule has 0 aliphatic carbocycles. The molecule has 4 heterocycles. The number of ether oxygens (including phenoxy) is 1. The Labute approximate surface area is 206 Å². The summed E-state index contributed by atoms with van der Waals surface area (Å²) in [6.07, 6.45) is 7.99. The molecule has 0 fully saturated rings. The molecule has 1 N–H and O–H groups in total. The summed E-state index contributed by atoms with van der Waals surface area (Å²) >= 11 is 1.69. The molecule has 0 saturated heterocycles. The van der Waals surface area contributed by atoms with Gasteiger partial charge < -0.3 is 14.5 Å². The molecule has 172 valence electrons. The van der Waals surface area contributed by atoms with Gasteiger partial charge in [0.25, 0.3) is 0 Å². The predicted molar refractivity (Wildman–Crippen MR) is 139 cm³/mol. The van der Waals surface area contributed by atoms with E-state index in [1.165, 1.54) is 5.56 Å². The molecule has 6 rings (SSSR count). The smallest absolute Gasteiger partial charge is 0.141 e. The Kier molecular flexibility index (Phi) is 5.35. The lowest BCUT2D eigenvalue weighted by Crippen LogP contribution is -1.98. The van der Waals surface area contributed by atoms with E-state index >= 15 is 0 Å². The van der Waals surface area contributed by atoms with Crippen molar-refractivity contribution in [1.82, 2.24) is 24.3 Å². The van der Waals surface area contributed by atoms with Gasteiger partial charge in [0.2, 0.25) is 0 Å². The van der Waals surface area contributed by atoms with E-state index in [1.807, 2.05) is 61.0 Å². The van der Waals surface area contributed by atoms with Crippen LogP contribution in [0.15, 0.2) is 78.8 Å². The summed E-state index contributed by atoms with van der Waals surface area (Å²) in [5.74, 6) is 2.31. The first-order chi connectivity index (χ1) is 17.1. The molecule has 0 atom stereocenters. The fourth-order valence-electron chi connectivity index (χ4n) is 4.03. The van der Waals surface area contributed by atoms with Crippen LogP contribution in [-0.4, -0.2) is 24.3 Å². The Morgan fingerprint density at radius 2 is 1.91 bits per heavy atom. The van der Waals surface area contributed by atoms with Crippen LogP contribution in [0.1, 0.15) is 21.8 Å². The number of nitrogens with one attached hydrogen (secondary N) is 1. The minimum Gasteiger partial charge on any atom is -0.457 e. The van der Waals surface area contributed by atoms with E-state index in [0.717, 1.165) is 62.2 Å². The lowest BCUT2D eigenvalue weighted by atomic mass is 10.1. The van der Waals surface area contributed by atoms with Crippen molar-refractivity contribution in [1.29, 1.82) is 0 Å². The average molecular weight is 479 g/mol. The molecule has 6 aromatic rings. The maximum atomic E-state index is 6.12.